The molecule has 4 heteroatoms. The zero-order chi connectivity index (χ0) is 13.1. The second kappa shape index (κ2) is 4.28. The summed E-state index contributed by atoms with van der Waals surface area (Å²) in [5.41, 5.74) is 2.78. The van der Waals surface area contributed by atoms with E-state index >= 15 is 0 Å². The van der Waals surface area contributed by atoms with Crippen molar-refractivity contribution in [1.82, 2.24) is 0 Å². The van der Waals surface area contributed by atoms with Crippen molar-refractivity contribution in [2.24, 2.45) is 0 Å². The van der Waals surface area contributed by atoms with Crippen molar-refractivity contribution < 1.29 is 0 Å². The second-order valence-electron chi connectivity index (χ2n) is 4.72. The van der Waals surface area contributed by atoms with Gasteiger partial charge in [-0.25, -0.2) is 0 Å². The van der Waals surface area contributed by atoms with E-state index in [4.69, 9.17) is 0 Å². The van der Waals surface area contributed by atoms with E-state index in [9.17, 15) is 0 Å². The SMILES string of the molecule is c1cc2c3c(ccc2s1)-c1ccc2sccc2c1SS3. The molecule has 3 heterocycles. The predicted octanol–water partition coefficient (Wildman–Crippen LogP) is 6.90. The van der Waals surface area contributed by atoms with Crippen LogP contribution in [0.4, 0.5) is 0 Å². The van der Waals surface area contributed by atoms with Crippen LogP contribution in [0.5, 0.6) is 0 Å². The molecule has 0 saturated heterocycles. The Kier molecular flexibility index (Phi) is 2.50. The summed E-state index contributed by atoms with van der Waals surface area (Å²) in [7, 11) is 3.82. The Morgan fingerprint density at radius 1 is 0.550 bits per heavy atom. The lowest BCUT2D eigenvalue weighted by atomic mass is 10.0. The summed E-state index contributed by atoms with van der Waals surface area (Å²) < 4.78 is 2.77. The van der Waals surface area contributed by atoms with Gasteiger partial charge in [-0.15, -0.1) is 22.7 Å². The normalized spacial score (nSPS) is 13.6. The van der Waals surface area contributed by atoms with Crippen LogP contribution >= 0.6 is 44.3 Å². The first kappa shape index (κ1) is 11.7. The van der Waals surface area contributed by atoms with Crippen LogP contribution < -0.4 is 0 Å². The lowest BCUT2D eigenvalue weighted by molar-refractivity contribution is 1.46. The third-order valence-corrected chi connectivity index (χ3v) is 7.98. The van der Waals surface area contributed by atoms with Gasteiger partial charge in [-0.3, -0.25) is 0 Å². The lowest BCUT2D eigenvalue weighted by Crippen LogP contribution is -1.90. The highest BCUT2D eigenvalue weighted by Gasteiger charge is 2.21. The first-order chi connectivity index (χ1) is 9.92. The summed E-state index contributed by atoms with van der Waals surface area (Å²) in [4.78, 5) is 2.85. The minimum absolute atomic E-state index is 1.39. The molecule has 0 unspecified atom stereocenters. The molecular weight excluding hydrogens is 320 g/mol. The van der Waals surface area contributed by atoms with Crippen LogP contribution in [0.3, 0.4) is 0 Å². The van der Waals surface area contributed by atoms with Crippen LogP contribution in [0.2, 0.25) is 0 Å². The molecule has 0 nitrogen and oxygen atoms in total. The monoisotopic (exact) mass is 328 g/mol. The standard InChI is InChI=1S/C16H8S4/c1-3-13-11(5-7-17-13)15-9(1)10-2-4-14-12(6-8-18-14)16(10)20-19-15/h1-8H. The fourth-order valence-electron chi connectivity index (χ4n) is 2.72. The number of rotatable bonds is 0. The molecule has 0 saturated carbocycles. The van der Waals surface area contributed by atoms with Gasteiger partial charge in [0.2, 0.25) is 0 Å². The topological polar surface area (TPSA) is 0 Å². The van der Waals surface area contributed by atoms with Crippen molar-refractivity contribution in [1.29, 1.82) is 0 Å². The van der Waals surface area contributed by atoms with Crippen LogP contribution in [0.1, 0.15) is 0 Å². The Bertz CT molecular complexity index is 881. The largest absolute Gasteiger partial charge is 0.144 e. The number of hydrogen-bond acceptors (Lipinski definition) is 4. The molecule has 20 heavy (non-hydrogen) atoms. The molecule has 0 radical (unpaired) electrons. The molecule has 4 aromatic rings. The van der Waals surface area contributed by atoms with Gasteiger partial charge < -0.3 is 0 Å². The Hall–Kier alpha value is -0.940. The zero-order valence-electron chi connectivity index (χ0n) is 10.3. The van der Waals surface area contributed by atoms with E-state index in [0.29, 0.717) is 0 Å². The highest BCUT2D eigenvalue weighted by molar-refractivity contribution is 8.77. The van der Waals surface area contributed by atoms with E-state index in [1.54, 1.807) is 0 Å². The molecule has 5 rings (SSSR count). The highest BCUT2D eigenvalue weighted by atomic mass is 33.1. The molecule has 0 atom stereocenters. The van der Waals surface area contributed by atoms with Gasteiger partial charge in [0, 0.05) is 30.0 Å². The molecular formula is C16H8S4. The first-order valence-corrected chi connectivity index (χ1v) is 10.2. The van der Waals surface area contributed by atoms with Gasteiger partial charge in [-0.2, -0.15) is 0 Å². The van der Waals surface area contributed by atoms with Gasteiger partial charge in [0.05, 0.1) is 0 Å². The van der Waals surface area contributed by atoms with Gasteiger partial charge in [0.15, 0.2) is 0 Å². The van der Waals surface area contributed by atoms with Crippen molar-refractivity contribution in [3.8, 4) is 11.1 Å². The molecule has 0 spiro atoms. The van der Waals surface area contributed by atoms with Crippen LogP contribution in [-0.4, -0.2) is 0 Å². The van der Waals surface area contributed by atoms with Crippen LogP contribution in [0, 0.1) is 0 Å². The fraction of sp³-hybridized carbons (Fsp3) is 0. The summed E-state index contributed by atoms with van der Waals surface area (Å²) >= 11 is 3.65. The quantitative estimate of drug-likeness (QED) is 0.322. The van der Waals surface area contributed by atoms with Crippen molar-refractivity contribution >= 4 is 64.4 Å². The Morgan fingerprint density at radius 2 is 1.05 bits per heavy atom. The van der Waals surface area contributed by atoms with E-state index < -0.39 is 0 Å². The van der Waals surface area contributed by atoms with Gasteiger partial charge in [-0.1, -0.05) is 33.7 Å². The maximum absolute atomic E-state index is 2.29. The molecule has 96 valence electrons. The van der Waals surface area contributed by atoms with Crippen molar-refractivity contribution in [3.63, 3.8) is 0 Å². The lowest BCUT2D eigenvalue weighted by Gasteiger charge is -2.20. The molecule has 0 fully saturated rings. The van der Waals surface area contributed by atoms with Gasteiger partial charge in [0.25, 0.3) is 0 Å². The number of hydrogen-bond donors (Lipinski definition) is 0. The van der Waals surface area contributed by atoms with E-state index in [0.717, 1.165) is 0 Å². The zero-order valence-corrected chi connectivity index (χ0v) is 13.5. The summed E-state index contributed by atoms with van der Waals surface area (Å²) in [5, 5.41) is 7.18. The third kappa shape index (κ3) is 1.51. The minimum Gasteiger partial charge on any atom is -0.144 e. The average molecular weight is 329 g/mol. The fourth-order valence-corrected chi connectivity index (χ4v) is 7.26. The van der Waals surface area contributed by atoms with E-state index in [-0.39, 0.29) is 0 Å². The summed E-state index contributed by atoms with van der Waals surface area (Å²) in [5.74, 6) is 0. The van der Waals surface area contributed by atoms with Gasteiger partial charge in [-0.05, 0) is 46.2 Å². The first-order valence-electron chi connectivity index (χ1n) is 6.27. The van der Waals surface area contributed by atoms with Gasteiger partial charge >= 0.3 is 0 Å². The van der Waals surface area contributed by atoms with Crippen molar-refractivity contribution in [3.05, 3.63) is 47.2 Å². The molecule has 0 bridgehead atoms. The number of fused-ring (bicyclic) bond motifs is 7. The van der Waals surface area contributed by atoms with Crippen LogP contribution in [0.15, 0.2) is 56.9 Å². The molecule has 0 N–H and O–H groups in total. The average Bonchev–Trinajstić information content (AvgIpc) is 3.14. The summed E-state index contributed by atoms with van der Waals surface area (Å²) in [6.45, 7) is 0. The molecule has 2 aromatic heterocycles. The number of thiophene rings is 2. The number of benzene rings is 2. The summed E-state index contributed by atoms with van der Waals surface area (Å²) in [6.07, 6.45) is 0. The van der Waals surface area contributed by atoms with Crippen molar-refractivity contribution in [2.45, 2.75) is 9.79 Å². The second-order valence-corrected chi connectivity index (χ2v) is 8.76. The molecule has 1 aliphatic rings. The van der Waals surface area contributed by atoms with Crippen LogP contribution in [-0.2, 0) is 0 Å². The van der Waals surface area contributed by atoms with Crippen LogP contribution in [0.25, 0.3) is 31.3 Å². The Labute approximate surface area is 132 Å². The minimum atomic E-state index is 1.39. The van der Waals surface area contributed by atoms with E-state index in [1.165, 1.54) is 41.1 Å². The highest BCUT2D eigenvalue weighted by Crippen LogP contribution is 2.55. The smallest absolute Gasteiger partial charge is 0.0354 e. The van der Waals surface area contributed by atoms with Gasteiger partial charge in [0.1, 0.15) is 0 Å². The molecule has 0 amide bonds. The van der Waals surface area contributed by atoms with E-state index in [1.807, 2.05) is 44.3 Å². The van der Waals surface area contributed by atoms with E-state index in [2.05, 4.69) is 47.2 Å². The maximum Gasteiger partial charge on any atom is 0.0354 e. The summed E-state index contributed by atoms with van der Waals surface area (Å²) in [6, 6.07) is 13.6. The maximum atomic E-state index is 2.29. The molecule has 0 aliphatic carbocycles. The Balaban J connectivity index is 1.90. The Morgan fingerprint density at radius 3 is 1.55 bits per heavy atom. The van der Waals surface area contributed by atoms with Crippen molar-refractivity contribution in [2.75, 3.05) is 0 Å². The predicted molar refractivity (Wildman–Crippen MR) is 94.4 cm³/mol. The third-order valence-electron chi connectivity index (χ3n) is 3.67. The molecule has 2 aromatic carbocycles. The molecule has 1 aliphatic heterocycles.